The van der Waals surface area contributed by atoms with Crippen molar-refractivity contribution < 1.29 is 29.3 Å². The van der Waals surface area contributed by atoms with Gasteiger partial charge >= 0.3 is 0 Å². The van der Waals surface area contributed by atoms with Gasteiger partial charge in [-0.1, -0.05) is 91.3 Å². The molecule has 2 heterocycles. The molecule has 4 atom stereocenters. The maximum absolute atomic E-state index is 12.7. The molecule has 0 aliphatic carbocycles. The lowest BCUT2D eigenvalue weighted by Gasteiger charge is -2.38. The number of aliphatic hydroxyl groups is 2. The Morgan fingerprint density at radius 2 is 1.54 bits per heavy atom. The van der Waals surface area contributed by atoms with Crippen LogP contribution in [0.25, 0.3) is 11.1 Å². The van der Waals surface area contributed by atoms with Crippen molar-refractivity contribution in [1.82, 2.24) is 10.2 Å². The predicted molar refractivity (Wildman–Crippen MR) is 202 cm³/mol. The molecule has 6 rings (SSSR count). The Bertz CT molecular complexity index is 1770. The van der Waals surface area contributed by atoms with Crippen molar-refractivity contribution in [3.63, 3.8) is 0 Å². The summed E-state index contributed by atoms with van der Waals surface area (Å²) in [4.78, 5) is 27.2. The molecule has 0 spiro atoms. The van der Waals surface area contributed by atoms with Crippen LogP contribution in [-0.2, 0) is 32.2 Å². The third kappa shape index (κ3) is 10.3. The number of anilines is 2. The quantitative estimate of drug-likeness (QED) is 0.0721. The Morgan fingerprint density at radius 1 is 0.827 bits per heavy atom. The maximum atomic E-state index is 12.7. The van der Waals surface area contributed by atoms with Gasteiger partial charge < -0.3 is 36.1 Å². The number of rotatable bonds is 15. The summed E-state index contributed by atoms with van der Waals surface area (Å²) in [5.74, 6) is -0.0971. The Labute approximate surface area is 305 Å². The zero-order chi connectivity index (χ0) is 36.3. The second-order valence-corrected chi connectivity index (χ2v) is 13.8. The van der Waals surface area contributed by atoms with Gasteiger partial charge in [0.05, 0.1) is 36.3 Å². The Hall–Kier alpha value is -4.58. The minimum atomic E-state index is -0.561. The van der Waals surface area contributed by atoms with Crippen molar-refractivity contribution in [1.29, 1.82) is 0 Å². The number of hydrogen-bond acceptors (Lipinski definition) is 8. The van der Waals surface area contributed by atoms with Gasteiger partial charge in [-0.15, -0.1) is 0 Å². The lowest BCUT2D eigenvalue weighted by atomic mass is 9.97. The summed E-state index contributed by atoms with van der Waals surface area (Å²) in [7, 11) is 0. The van der Waals surface area contributed by atoms with Crippen molar-refractivity contribution in [3.8, 4) is 11.1 Å². The van der Waals surface area contributed by atoms with E-state index in [1.54, 1.807) is 12.1 Å². The Morgan fingerprint density at radius 3 is 2.27 bits per heavy atom. The SMILES string of the molecule is Nc1ccccc1NC(=O)CCCCCC(=O)NCc1ccccc1-c1ccc([C@H]2O[C@@H](CN3CC[C@H](O)C3)C[C@@H](c3ccc(CO)cc3)O2)cc1. The predicted octanol–water partition coefficient (Wildman–Crippen LogP) is 6.25. The van der Waals surface area contributed by atoms with Gasteiger partial charge in [-0.3, -0.25) is 14.5 Å². The first-order chi connectivity index (χ1) is 25.3. The normalized spacial score (nSPS) is 20.4. The number of para-hydroxylation sites is 2. The average Bonchev–Trinajstić information content (AvgIpc) is 3.58. The molecule has 2 saturated heterocycles. The van der Waals surface area contributed by atoms with E-state index >= 15 is 0 Å². The number of amides is 2. The number of hydrogen-bond donors (Lipinski definition) is 5. The van der Waals surface area contributed by atoms with Crippen LogP contribution in [0.15, 0.2) is 97.1 Å². The minimum absolute atomic E-state index is 0.00510. The van der Waals surface area contributed by atoms with Crippen LogP contribution in [-0.4, -0.2) is 58.8 Å². The van der Waals surface area contributed by atoms with E-state index in [2.05, 4.69) is 33.7 Å². The third-order valence-electron chi connectivity index (χ3n) is 9.85. The monoisotopic (exact) mass is 706 g/mol. The van der Waals surface area contributed by atoms with Crippen LogP contribution >= 0.6 is 0 Å². The average molecular weight is 707 g/mol. The molecule has 0 aromatic heterocycles. The fourth-order valence-corrected chi connectivity index (χ4v) is 6.93. The number of benzene rings is 4. The summed E-state index contributed by atoms with van der Waals surface area (Å²) in [6, 6.07) is 31.3. The van der Waals surface area contributed by atoms with Crippen molar-refractivity contribution in [3.05, 3.63) is 119 Å². The van der Waals surface area contributed by atoms with Gasteiger partial charge in [-0.2, -0.15) is 0 Å². The summed E-state index contributed by atoms with van der Waals surface area (Å²) in [5, 5.41) is 25.5. The van der Waals surface area contributed by atoms with E-state index in [-0.39, 0.29) is 36.7 Å². The highest BCUT2D eigenvalue weighted by Gasteiger charge is 2.34. The number of aliphatic hydroxyl groups excluding tert-OH is 2. The van der Waals surface area contributed by atoms with Crippen LogP contribution in [0.3, 0.4) is 0 Å². The fourth-order valence-electron chi connectivity index (χ4n) is 6.93. The van der Waals surface area contributed by atoms with E-state index in [1.807, 2.05) is 66.7 Å². The molecule has 2 aliphatic heterocycles. The number of likely N-dealkylation sites (tertiary alicyclic amines) is 1. The number of nitrogens with two attached hydrogens (primary N) is 1. The summed E-state index contributed by atoms with van der Waals surface area (Å²) in [6.07, 6.45) is 3.33. The Balaban J connectivity index is 1.02. The largest absolute Gasteiger partial charge is 0.397 e. The van der Waals surface area contributed by atoms with Crippen LogP contribution in [0.2, 0.25) is 0 Å². The number of nitrogens with one attached hydrogen (secondary N) is 2. The van der Waals surface area contributed by atoms with Gasteiger partial charge in [-0.25, -0.2) is 0 Å². The molecular formula is C42H50N4O6. The van der Waals surface area contributed by atoms with Crippen molar-refractivity contribution in [2.45, 2.75) is 82.7 Å². The molecular weight excluding hydrogens is 656 g/mol. The molecule has 52 heavy (non-hydrogen) atoms. The molecule has 10 nitrogen and oxygen atoms in total. The first kappa shape index (κ1) is 37.2. The topological polar surface area (TPSA) is 146 Å². The van der Waals surface area contributed by atoms with E-state index < -0.39 is 6.29 Å². The standard InChI is InChI=1S/C42H50N4O6/c43-37-10-6-7-11-38(37)45-41(50)13-3-1-2-12-40(49)44-25-33-8-4-5-9-36(33)30-18-20-32(21-19-30)42-51-35(27-46-23-22-34(48)26-46)24-39(52-42)31-16-14-29(28-47)15-17-31/h4-11,14-21,34-35,39,42,47-48H,1-3,12-13,22-28,43H2,(H,44,49)(H,45,50)/t34-,35+,39-,42-/m0/s1. The third-order valence-corrected chi connectivity index (χ3v) is 9.85. The van der Waals surface area contributed by atoms with Crippen molar-refractivity contribution in [2.24, 2.45) is 0 Å². The van der Waals surface area contributed by atoms with Gasteiger partial charge in [-0.05, 0) is 59.2 Å². The van der Waals surface area contributed by atoms with Gasteiger partial charge in [0.25, 0.3) is 0 Å². The number of carbonyl (C=O) groups is 2. The molecule has 2 amide bonds. The number of unbranched alkanes of at least 4 members (excludes halogenated alkanes) is 2. The summed E-state index contributed by atoms with van der Waals surface area (Å²) < 4.78 is 13.1. The molecule has 0 radical (unpaired) electrons. The molecule has 10 heteroatoms. The zero-order valence-electron chi connectivity index (χ0n) is 29.6. The highest BCUT2D eigenvalue weighted by Crippen LogP contribution is 2.39. The Kier molecular flexibility index (Phi) is 13.1. The summed E-state index contributed by atoms with van der Waals surface area (Å²) in [6.45, 7) is 2.64. The second kappa shape index (κ2) is 18.3. The van der Waals surface area contributed by atoms with Crippen molar-refractivity contribution >= 4 is 23.2 Å². The van der Waals surface area contributed by atoms with E-state index in [9.17, 15) is 19.8 Å². The number of nitrogen functional groups attached to an aromatic ring is 1. The minimum Gasteiger partial charge on any atom is -0.397 e. The fraction of sp³-hybridized carbons (Fsp3) is 0.381. The van der Waals surface area contributed by atoms with Crippen LogP contribution in [0.5, 0.6) is 0 Å². The lowest BCUT2D eigenvalue weighted by molar-refractivity contribution is -0.252. The van der Waals surface area contributed by atoms with Crippen LogP contribution in [0.1, 0.15) is 79.6 Å². The molecule has 0 bridgehead atoms. The maximum Gasteiger partial charge on any atom is 0.224 e. The first-order valence-electron chi connectivity index (χ1n) is 18.3. The molecule has 6 N–H and O–H groups in total. The molecule has 4 aromatic carbocycles. The van der Waals surface area contributed by atoms with Crippen LogP contribution < -0.4 is 16.4 Å². The van der Waals surface area contributed by atoms with Gasteiger partial charge in [0.1, 0.15) is 0 Å². The summed E-state index contributed by atoms with van der Waals surface area (Å²) in [5.41, 5.74) is 13.0. The zero-order valence-corrected chi connectivity index (χ0v) is 29.6. The van der Waals surface area contributed by atoms with Gasteiger partial charge in [0, 0.05) is 51.0 Å². The number of carbonyl (C=O) groups excluding carboxylic acids is 2. The number of β-amino-alcohol motifs (C(OH)–C–C–N with tert-alkyl or cyclic N) is 1. The highest BCUT2D eigenvalue weighted by atomic mass is 16.7. The molecule has 0 saturated carbocycles. The molecule has 4 aromatic rings. The second-order valence-electron chi connectivity index (χ2n) is 13.8. The van der Waals surface area contributed by atoms with Gasteiger partial charge in [0.2, 0.25) is 11.8 Å². The molecule has 2 aliphatic rings. The van der Waals surface area contributed by atoms with E-state index in [0.717, 1.165) is 59.3 Å². The first-order valence-corrected chi connectivity index (χ1v) is 18.3. The number of nitrogens with zero attached hydrogens (tertiary/aromatic N) is 1. The van der Waals surface area contributed by atoms with Crippen LogP contribution in [0, 0.1) is 0 Å². The van der Waals surface area contributed by atoms with Crippen molar-refractivity contribution in [2.75, 3.05) is 30.7 Å². The van der Waals surface area contributed by atoms with E-state index in [4.69, 9.17) is 15.2 Å². The van der Waals surface area contributed by atoms with E-state index in [1.165, 1.54) is 0 Å². The highest BCUT2D eigenvalue weighted by molar-refractivity contribution is 5.93. The van der Waals surface area contributed by atoms with E-state index in [0.29, 0.717) is 56.6 Å². The summed E-state index contributed by atoms with van der Waals surface area (Å²) >= 11 is 0. The molecule has 274 valence electrons. The smallest absolute Gasteiger partial charge is 0.224 e. The number of ether oxygens (including phenoxy) is 2. The van der Waals surface area contributed by atoms with Crippen LogP contribution in [0.4, 0.5) is 11.4 Å². The lowest BCUT2D eigenvalue weighted by Crippen LogP contribution is -2.38. The molecule has 2 fully saturated rings. The van der Waals surface area contributed by atoms with Gasteiger partial charge in [0.15, 0.2) is 6.29 Å². The molecule has 0 unspecified atom stereocenters.